The first kappa shape index (κ1) is 14.8. The summed E-state index contributed by atoms with van der Waals surface area (Å²) in [6, 6.07) is 4.82. The normalized spacial score (nSPS) is 27.9. The van der Waals surface area contributed by atoms with Crippen LogP contribution in [0, 0.1) is 11.7 Å². The number of nitrogens with one attached hydrogen (secondary N) is 1. The van der Waals surface area contributed by atoms with Crippen molar-refractivity contribution in [3.05, 3.63) is 34.1 Å². The van der Waals surface area contributed by atoms with E-state index in [1.54, 1.807) is 0 Å². The minimum absolute atomic E-state index is 0.305. The second kappa shape index (κ2) is 5.61. The van der Waals surface area contributed by atoms with Crippen LogP contribution in [0.2, 0.25) is 0 Å². The molecule has 4 nitrogen and oxygen atoms in total. The average molecular weight is 373 g/mol. The van der Waals surface area contributed by atoms with Crippen molar-refractivity contribution in [1.29, 1.82) is 0 Å². The molecule has 1 saturated carbocycles. The molecule has 1 amide bonds. The highest BCUT2D eigenvalue weighted by molar-refractivity contribution is 9.10. The maximum absolute atomic E-state index is 13.8. The van der Waals surface area contributed by atoms with Gasteiger partial charge in [-0.05, 0) is 42.5 Å². The van der Waals surface area contributed by atoms with Gasteiger partial charge < -0.3 is 5.11 Å². The van der Waals surface area contributed by atoms with Gasteiger partial charge in [0.25, 0.3) is 0 Å². The molecular weight excluding hydrogens is 359 g/mol. The number of amides is 1. The Hall–Kier alpha value is -1.08. The van der Waals surface area contributed by atoms with E-state index < -0.39 is 11.6 Å². The molecule has 1 fully saturated rings. The number of halogens is 2. The highest BCUT2D eigenvalue weighted by Crippen LogP contribution is 2.51. The van der Waals surface area contributed by atoms with Gasteiger partial charge in [0.15, 0.2) is 5.17 Å². The van der Waals surface area contributed by atoms with E-state index in [0.29, 0.717) is 15.6 Å². The summed E-state index contributed by atoms with van der Waals surface area (Å²) < 4.78 is 14.4. The van der Waals surface area contributed by atoms with Crippen molar-refractivity contribution in [3.63, 3.8) is 0 Å². The molecule has 2 aliphatic rings. The summed E-state index contributed by atoms with van der Waals surface area (Å²) in [7, 11) is 0. The quantitative estimate of drug-likeness (QED) is 0.784. The molecule has 1 aliphatic carbocycles. The second-order valence-electron chi connectivity index (χ2n) is 5.33. The first-order valence-corrected chi connectivity index (χ1v) is 8.47. The highest BCUT2D eigenvalue weighted by Gasteiger charge is 2.47. The molecule has 3 rings (SSSR count). The van der Waals surface area contributed by atoms with Gasteiger partial charge in [0.05, 0.1) is 5.54 Å². The van der Waals surface area contributed by atoms with Gasteiger partial charge in [-0.3, -0.25) is 10.3 Å². The molecule has 1 aromatic carbocycles. The number of rotatable bonds is 1. The van der Waals surface area contributed by atoms with E-state index in [1.165, 1.54) is 23.9 Å². The fraction of sp³-hybridized carbons (Fsp3) is 0.429. The van der Waals surface area contributed by atoms with E-state index in [2.05, 4.69) is 26.2 Å². The molecule has 112 valence electrons. The lowest BCUT2D eigenvalue weighted by Crippen LogP contribution is -2.39. The van der Waals surface area contributed by atoms with Gasteiger partial charge in [0, 0.05) is 10.2 Å². The fourth-order valence-corrected chi connectivity index (χ4v) is 4.88. The number of carbonyl (C=O) groups is 1. The van der Waals surface area contributed by atoms with Crippen molar-refractivity contribution in [1.82, 2.24) is 5.32 Å². The highest BCUT2D eigenvalue weighted by atomic mass is 79.9. The third-order valence-corrected chi connectivity index (χ3v) is 5.58. The topological polar surface area (TPSA) is 61.7 Å². The minimum Gasteiger partial charge on any atom is -0.465 e. The Bertz CT molecular complexity index is 605. The van der Waals surface area contributed by atoms with Crippen LogP contribution >= 0.6 is 27.7 Å². The Morgan fingerprint density at radius 3 is 3.05 bits per heavy atom. The molecule has 0 spiro atoms. The number of carboxylic acid groups (broad SMARTS) is 1. The largest absolute Gasteiger partial charge is 0.465 e. The van der Waals surface area contributed by atoms with E-state index in [1.807, 2.05) is 6.07 Å². The maximum atomic E-state index is 13.8. The summed E-state index contributed by atoms with van der Waals surface area (Å²) in [5.74, 6) is 0.809. The first-order valence-electron chi connectivity index (χ1n) is 6.69. The SMILES string of the molecule is O=C(O)NC1=N[C@@]2(c3cc(F)cc(Br)c3)CCC[C@H]2CS1. The Labute approximate surface area is 134 Å². The van der Waals surface area contributed by atoms with E-state index in [4.69, 9.17) is 5.11 Å². The van der Waals surface area contributed by atoms with Crippen LogP contribution in [0.4, 0.5) is 9.18 Å². The fourth-order valence-electron chi connectivity index (χ4n) is 3.23. The van der Waals surface area contributed by atoms with Gasteiger partial charge in [0.1, 0.15) is 5.82 Å². The van der Waals surface area contributed by atoms with Gasteiger partial charge >= 0.3 is 6.09 Å². The Morgan fingerprint density at radius 1 is 1.52 bits per heavy atom. The molecule has 0 unspecified atom stereocenters. The molecule has 1 aliphatic heterocycles. The summed E-state index contributed by atoms with van der Waals surface area (Å²) in [4.78, 5) is 15.5. The van der Waals surface area contributed by atoms with E-state index in [-0.39, 0.29) is 5.82 Å². The number of hydrogen-bond acceptors (Lipinski definition) is 3. The molecule has 0 saturated heterocycles. The minimum atomic E-state index is -1.12. The lowest BCUT2D eigenvalue weighted by molar-refractivity contribution is 0.200. The number of aliphatic imine (C=N–C) groups is 1. The number of hydrogen-bond donors (Lipinski definition) is 2. The first-order chi connectivity index (χ1) is 9.99. The third-order valence-electron chi connectivity index (χ3n) is 4.08. The van der Waals surface area contributed by atoms with E-state index >= 15 is 0 Å². The smallest absolute Gasteiger partial charge is 0.410 e. The number of amidine groups is 1. The van der Waals surface area contributed by atoms with E-state index in [9.17, 15) is 9.18 Å². The molecule has 1 heterocycles. The number of benzene rings is 1. The van der Waals surface area contributed by atoms with Gasteiger partial charge in [0.2, 0.25) is 0 Å². The summed E-state index contributed by atoms with van der Waals surface area (Å²) in [5, 5.41) is 11.6. The van der Waals surface area contributed by atoms with Crippen molar-refractivity contribution in [2.24, 2.45) is 10.9 Å². The zero-order valence-corrected chi connectivity index (χ0v) is 13.5. The van der Waals surface area contributed by atoms with Crippen molar-refractivity contribution >= 4 is 39.0 Å². The van der Waals surface area contributed by atoms with Crippen LogP contribution in [0.1, 0.15) is 24.8 Å². The summed E-state index contributed by atoms with van der Waals surface area (Å²) in [6.07, 6.45) is 1.75. The molecule has 1 aromatic rings. The van der Waals surface area contributed by atoms with E-state index in [0.717, 1.165) is 30.6 Å². The lowest BCUT2D eigenvalue weighted by Gasteiger charge is -2.36. The molecular formula is C14H14BrFN2O2S. The molecule has 0 radical (unpaired) electrons. The number of nitrogens with zero attached hydrogens (tertiary/aromatic N) is 1. The third kappa shape index (κ3) is 2.81. The molecule has 2 atom stereocenters. The predicted octanol–water partition coefficient (Wildman–Crippen LogP) is 3.95. The second-order valence-corrected chi connectivity index (χ2v) is 7.25. The van der Waals surface area contributed by atoms with Gasteiger partial charge in [-0.15, -0.1) is 0 Å². The number of fused-ring (bicyclic) bond motifs is 1. The summed E-state index contributed by atoms with van der Waals surface area (Å²) in [6.45, 7) is 0. The maximum Gasteiger partial charge on any atom is 0.410 e. The van der Waals surface area contributed by atoms with Crippen molar-refractivity contribution in [2.75, 3.05) is 5.75 Å². The van der Waals surface area contributed by atoms with Crippen LogP contribution in [0.3, 0.4) is 0 Å². The molecule has 21 heavy (non-hydrogen) atoms. The standard InChI is InChI=1S/C14H14BrFN2O2S/c15-10-4-9(5-11(16)6-10)14-3-1-2-8(14)7-21-12(18-14)17-13(19)20/h4-6,8H,1-3,7H2,(H,17,18)(H,19,20)/t8-,14-/m0/s1. The summed E-state index contributed by atoms with van der Waals surface area (Å²) in [5.41, 5.74) is 0.315. The Kier molecular flexibility index (Phi) is 3.96. The lowest BCUT2D eigenvalue weighted by atomic mass is 9.81. The van der Waals surface area contributed by atoms with Crippen molar-refractivity contribution in [3.8, 4) is 0 Å². The van der Waals surface area contributed by atoms with Gasteiger partial charge in [-0.2, -0.15) is 0 Å². The van der Waals surface area contributed by atoms with Crippen molar-refractivity contribution < 1.29 is 14.3 Å². The molecule has 0 aromatic heterocycles. The zero-order chi connectivity index (χ0) is 15.0. The van der Waals surface area contributed by atoms with Crippen LogP contribution in [0.25, 0.3) is 0 Å². The Morgan fingerprint density at radius 2 is 2.33 bits per heavy atom. The summed E-state index contributed by atoms with van der Waals surface area (Å²) >= 11 is 4.75. The molecule has 0 bridgehead atoms. The van der Waals surface area contributed by atoms with Crippen LogP contribution in [0.5, 0.6) is 0 Å². The van der Waals surface area contributed by atoms with Crippen LogP contribution in [0.15, 0.2) is 27.7 Å². The van der Waals surface area contributed by atoms with Crippen molar-refractivity contribution in [2.45, 2.75) is 24.8 Å². The van der Waals surface area contributed by atoms with Crippen LogP contribution in [-0.4, -0.2) is 22.1 Å². The monoisotopic (exact) mass is 372 g/mol. The average Bonchev–Trinajstić information content (AvgIpc) is 2.81. The molecule has 2 N–H and O–H groups in total. The van der Waals surface area contributed by atoms with Gasteiger partial charge in [-0.1, -0.05) is 34.1 Å². The van der Waals surface area contributed by atoms with Crippen LogP contribution < -0.4 is 5.32 Å². The zero-order valence-electron chi connectivity index (χ0n) is 11.1. The van der Waals surface area contributed by atoms with Gasteiger partial charge in [-0.25, -0.2) is 9.18 Å². The number of thioether (sulfide) groups is 1. The predicted molar refractivity (Wildman–Crippen MR) is 84.2 cm³/mol. The Balaban J connectivity index is 2.07. The van der Waals surface area contributed by atoms with Crippen LogP contribution in [-0.2, 0) is 5.54 Å². The molecule has 7 heteroatoms.